The summed E-state index contributed by atoms with van der Waals surface area (Å²) in [6, 6.07) is 34.5. The highest BCUT2D eigenvalue weighted by molar-refractivity contribution is 9.13. The molecule has 0 spiro atoms. The zero-order valence-corrected chi connectivity index (χ0v) is 37.6. The Hall–Kier alpha value is -0.620. The highest BCUT2D eigenvalue weighted by Gasteiger charge is 2.35. The fourth-order valence-corrected chi connectivity index (χ4v) is 5.88. The van der Waals surface area contributed by atoms with Crippen molar-refractivity contribution >= 4 is 173 Å². The molecule has 0 bridgehead atoms. The van der Waals surface area contributed by atoms with Crippen LogP contribution in [0.3, 0.4) is 0 Å². The van der Waals surface area contributed by atoms with Crippen molar-refractivity contribution in [3.05, 3.63) is 143 Å². The van der Waals surface area contributed by atoms with E-state index in [0.29, 0.717) is 35.7 Å². The van der Waals surface area contributed by atoms with Crippen LogP contribution in [0.5, 0.6) is 0 Å². The van der Waals surface area contributed by atoms with Gasteiger partial charge in [0.15, 0.2) is 31.3 Å². The van der Waals surface area contributed by atoms with Crippen LogP contribution in [-0.4, -0.2) is 48.4 Å². The van der Waals surface area contributed by atoms with Gasteiger partial charge in [0, 0.05) is 5.02 Å². The van der Waals surface area contributed by atoms with Gasteiger partial charge in [-0.05, 0) is 34.4 Å². The minimum absolute atomic E-state index is 0. The van der Waals surface area contributed by atoms with Crippen molar-refractivity contribution in [2.24, 2.45) is 0 Å². The molecule has 2 N–H and O–H groups in total. The molecule has 6 unspecified atom stereocenters. The number of carbonyl (C=O) groups is 4. The van der Waals surface area contributed by atoms with Crippen LogP contribution in [-0.2, 0) is 19.2 Å². The third-order valence-corrected chi connectivity index (χ3v) is 13.5. The summed E-state index contributed by atoms with van der Waals surface area (Å²) in [5.41, 5.74) is 3.16. The van der Waals surface area contributed by atoms with E-state index in [9.17, 15) is 19.2 Å². The van der Waals surface area contributed by atoms with Gasteiger partial charge in [-0.3, -0.25) is 9.59 Å². The number of aldehydes is 4. The van der Waals surface area contributed by atoms with Crippen LogP contribution >= 0.6 is 148 Å². The molecule has 0 aromatic heterocycles. The number of rotatable bonds is 12. The van der Waals surface area contributed by atoms with Crippen molar-refractivity contribution in [1.82, 2.24) is 0 Å². The molecule has 0 saturated carbocycles. The minimum atomic E-state index is -1.63. The number of carbonyl (C=O) groups excluding carboxylic acids is 4. The average Bonchev–Trinajstić information content (AvgIpc) is 3.18. The molecule has 4 aromatic carbocycles. The van der Waals surface area contributed by atoms with Crippen LogP contribution in [0.2, 0.25) is 5.02 Å². The second-order valence-electron chi connectivity index (χ2n) is 10.2. The Labute approximate surface area is 375 Å². The van der Waals surface area contributed by atoms with E-state index in [0.717, 1.165) is 16.7 Å². The molecule has 53 heavy (non-hydrogen) atoms. The Morgan fingerprint density at radius 2 is 0.906 bits per heavy atom. The van der Waals surface area contributed by atoms with Crippen LogP contribution in [0.25, 0.3) is 0 Å². The van der Waals surface area contributed by atoms with Gasteiger partial charge in [0.25, 0.3) is 0 Å². The fourth-order valence-electron chi connectivity index (χ4n) is 3.64. The fraction of sp³-hybridized carbons (Fsp3) is 0.222. The number of benzene rings is 4. The number of hydrogen-bond donors (Lipinski definition) is 0. The molecule has 17 heteroatoms. The van der Waals surface area contributed by atoms with Crippen LogP contribution < -0.4 is 0 Å². The summed E-state index contributed by atoms with van der Waals surface area (Å²) in [4.78, 5) is 41.7. The zero-order valence-electron chi connectivity index (χ0n) is 26.8. The molecule has 0 heterocycles. The van der Waals surface area contributed by atoms with E-state index in [1.54, 1.807) is 48.5 Å². The second kappa shape index (κ2) is 26.3. The first-order valence-corrected chi connectivity index (χ1v) is 20.2. The third-order valence-electron chi connectivity index (χ3n) is 6.34. The van der Waals surface area contributed by atoms with Crippen LogP contribution in [0.4, 0.5) is 0 Å². The third kappa shape index (κ3) is 18.5. The van der Waals surface area contributed by atoms with Crippen molar-refractivity contribution in [2.75, 3.05) is 0 Å². The molecule has 0 saturated heterocycles. The molecule has 0 aliphatic rings. The van der Waals surface area contributed by atoms with Gasteiger partial charge in [-0.25, -0.2) is 0 Å². The quantitative estimate of drug-likeness (QED) is 0.104. The van der Waals surface area contributed by atoms with Crippen molar-refractivity contribution in [3.63, 3.8) is 0 Å². The lowest BCUT2D eigenvalue weighted by Gasteiger charge is -2.19. The summed E-state index contributed by atoms with van der Waals surface area (Å²) in [5.74, 6) is 0. The first-order valence-electron chi connectivity index (χ1n) is 14.5. The maximum absolute atomic E-state index is 10.6. The first-order chi connectivity index (χ1) is 24.4. The Balaban J connectivity index is 0.000000677. The molecule has 0 amide bonds. The Morgan fingerprint density at radius 1 is 0.528 bits per heavy atom. The largest absolute Gasteiger partial charge is 0.412 e. The smallest absolute Gasteiger partial charge is 0.193 e. The summed E-state index contributed by atoms with van der Waals surface area (Å²) in [7, 11) is 0. The molecule has 288 valence electrons. The van der Waals surface area contributed by atoms with E-state index < -0.39 is 34.0 Å². The topological polar surface area (TPSA) is 99.8 Å². The monoisotopic (exact) mass is 1050 g/mol. The van der Waals surface area contributed by atoms with Gasteiger partial charge in [-0.15, -0.1) is 46.4 Å². The SMILES string of the molecule is O.O=CC(Cl)(Br)C(Br)c1ccccc1.O=CC(Cl)(Cl)C(Cl)c1cccc(Cl)c1.O=CC(Cl)(Cl)C(Cl)c1ccccc1.O=CC(Cl)C(Cl)c1ccccc1. The highest BCUT2D eigenvalue weighted by atomic mass is 79.9. The molecule has 5 nitrogen and oxygen atoms in total. The van der Waals surface area contributed by atoms with E-state index in [1.807, 2.05) is 66.7 Å². The molecule has 0 radical (unpaired) electrons. The van der Waals surface area contributed by atoms with Gasteiger partial charge in [-0.2, -0.15) is 0 Å². The van der Waals surface area contributed by atoms with Crippen molar-refractivity contribution < 1.29 is 24.7 Å². The first kappa shape index (κ1) is 52.4. The lowest BCUT2D eigenvalue weighted by molar-refractivity contribution is -0.109. The number of halogens is 12. The van der Waals surface area contributed by atoms with E-state index in [1.165, 1.54) is 0 Å². The van der Waals surface area contributed by atoms with Gasteiger partial charge in [0.1, 0.15) is 11.7 Å². The molecule has 0 aliphatic carbocycles. The van der Waals surface area contributed by atoms with Crippen molar-refractivity contribution in [3.8, 4) is 0 Å². The zero-order chi connectivity index (χ0) is 39.5. The molecular weight excluding hydrogens is 1030 g/mol. The second-order valence-corrected chi connectivity index (χ2v) is 18.7. The molecule has 4 rings (SSSR count). The van der Waals surface area contributed by atoms with Crippen LogP contribution in [0.15, 0.2) is 115 Å². The summed E-state index contributed by atoms with van der Waals surface area (Å²) in [5, 5.41) is -2.13. The van der Waals surface area contributed by atoms with Gasteiger partial charge in [0.2, 0.25) is 0 Å². The molecular formula is C36H30Br2Cl10O5. The minimum Gasteiger partial charge on any atom is -0.412 e. The maximum Gasteiger partial charge on any atom is 0.193 e. The van der Waals surface area contributed by atoms with E-state index in [-0.39, 0.29) is 10.3 Å². The molecule has 0 fully saturated rings. The average molecular weight is 1060 g/mol. The van der Waals surface area contributed by atoms with E-state index in [2.05, 4.69) is 31.9 Å². The summed E-state index contributed by atoms with van der Waals surface area (Å²) in [6.07, 6.45) is 2.14. The number of hydrogen-bond acceptors (Lipinski definition) is 4. The highest BCUT2D eigenvalue weighted by Crippen LogP contribution is 2.42. The van der Waals surface area contributed by atoms with Crippen molar-refractivity contribution in [2.45, 2.75) is 38.8 Å². The molecule has 4 aromatic rings. The van der Waals surface area contributed by atoms with Gasteiger partial charge < -0.3 is 15.1 Å². The number of alkyl halides is 11. The Morgan fingerprint density at radius 3 is 1.28 bits per heavy atom. The van der Waals surface area contributed by atoms with Crippen LogP contribution in [0.1, 0.15) is 43.2 Å². The molecule has 0 aliphatic heterocycles. The van der Waals surface area contributed by atoms with Gasteiger partial charge >= 0.3 is 0 Å². The predicted molar refractivity (Wildman–Crippen MR) is 232 cm³/mol. The van der Waals surface area contributed by atoms with Gasteiger partial charge in [-0.1, -0.05) is 205 Å². The van der Waals surface area contributed by atoms with Crippen molar-refractivity contribution in [1.29, 1.82) is 0 Å². The Bertz CT molecular complexity index is 1600. The predicted octanol–water partition coefficient (Wildman–Crippen LogP) is 12.9. The van der Waals surface area contributed by atoms with E-state index in [4.69, 9.17) is 116 Å². The Kier molecular flexibility index (Phi) is 26.0. The standard InChI is InChI=1S/C9H7Br2ClO.C9H6Cl4O.C9H7Cl3O.C9H8Cl2O.H2O/c10-8(9(11,12)6-13)7-4-2-1-3-5-7;10-7-3-1-2-6(4-7)8(11)9(12,13)5-14;10-8(9(11,12)6-13)7-4-2-1-3-5-7;10-8(6-12)9(11)7-4-2-1-3-5-7;/h1-6,8H;1-5,8H;1-6,8H;1-6,8-9H;1H2. The van der Waals surface area contributed by atoms with E-state index >= 15 is 0 Å². The summed E-state index contributed by atoms with van der Waals surface area (Å²) < 4.78 is -4.27. The maximum atomic E-state index is 10.6. The van der Waals surface area contributed by atoms with Crippen LogP contribution in [0, 0.1) is 0 Å². The summed E-state index contributed by atoms with van der Waals surface area (Å²) in [6.45, 7) is 0. The summed E-state index contributed by atoms with van der Waals surface area (Å²) >= 11 is 64.2. The molecule has 6 atom stereocenters. The lowest BCUT2D eigenvalue weighted by atomic mass is 10.1. The normalized spacial score (nSPS) is 14.7. The lowest BCUT2D eigenvalue weighted by Crippen LogP contribution is -2.21. The van der Waals surface area contributed by atoms with Gasteiger partial charge in [0.05, 0.1) is 21.0 Å².